The Morgan fingerprint density at radius 1 is 1.07 bits per heavy atom. The van der Waals surface area contributed by atoms with Crippen LogP contribution in [0.4, 0.5) is 0 Å². The van der Waals surface area contributed by atoms with Crippen molar-refractivity contribution in [3.63, 3.8) is 0 Å². The first-order valence-corrected chi connectivity index (χ1v) is 5.65. The van der Waals surface area contributed by atoms with Gasteiger partial charge in [-0.3, -0.25) is 4.90 Å². The summed E-state index contributed by atoms with van der Waals surface area (Å²) >= 11 is 0. The SMILES string of the molecule is CCC(C)(C)N(C)CCNC(C)(C)C. The van der Waals surface area contributed by atoms with Crippen molar-refractivity contribution in [1.29, 1.82) is 0 Å². The third-order valence-corrected chi connectivity index (χ3v) is 3.00. The highest BCUT2D eigenvalue weighted by molar-refractivity contribution is 4.79. The van der Waals surface area contributed by atoms with Crippen LogP contribution in [-0.4, -0.2) is 36.1 Å². The van der Waals surface area contributed by atoms with Crippen molar-refractivity contribution in [2.45, 2.75) is 59.0 Å². The minimum absolute atomic E-state index is 0.233. The fraction of sp³-hybridized carbons (Fsp3) is 1.00. The van der Waals surface area contributed by atoms with Gasteiger partial charge >= 0.3 is 0 Å². The number of nitrogens with zero attached hydrogens (tertiary/aromatic N) is 1. The van der Waals surface area contributed by atoms with Crippen LogP contribution in [0, 0.1) is 0 Å². The van der Waals surface area contributed by atoms with Gasteiger partial charge < -0.3 is 5.32 Å². The molecule has 1 N–H and O–H groups in total. The van der Waals surface area contributed by atoms with E-state index in [9.17, 15) is 0 Å². The van der Waals surface area contributed by atoms with Crippen molar-refractivity contribution < 1.29 is 0 Å². The molecule has 0 spiro atoms. The van der Waals surface area contributed by atoms with Gasteiger partial charge in [-0.1, -0.05) is 6.92 Å². The molecule has 0 aliphatic rings. The normalized spacial score (nSPS) is 13.7. The van der Waals surface area contributed by atoms with Crippen LogP contribution >= 0.6 is 0 Å². The predicted octanol–water partition coefficient (Wildman–Crippen LogP) is 2.49. The van der Waals surface area contributed by atoms with Crippen molar-refractivity contribution >= 4 is 0 Å². The van der Waals surface area contributed by atoms with E-state index in [0.717, 1.165) is 13.1 Å². The molecule has 2 nitrogen and oxygen atoms in total. The van der Waals surface area contributed by atoms with Crippen LogP contribution in [-0.2, 0) is 0 Å². The Morgan fingerprint density at radius 2 is 1.57 bits per heavy atom. The average Bonchev–Trinajstić information content (AvgIpc) is 2.02. The summed E-state index contributed by atoms with van der Waals surface area (Å²) in [6.07, 6.45) is 1.19. The standard InChI is InChI=1S/C12H28N2/c1-8-12(5,6)14(7)10-9-13-11(2,3)4/h13H,8-10H2,1-7H3. The largest absolute Gasteiger partial charge is 0.311 e. The molecule has 0 saturated heterocycles. The molecule has 0 saturated carbocycles. The van der Waals surface area contributed by atoms with E-state index in [-0.39, 0.29) is 5.54 Å². The van der Waals surface area contributed by atoms with E-state index in [1.165, 1.54) is 6.42 Å². The van der Waals surface area contributed by atoms with Gasteiger partial charge in [0, 0.05) is 24.2 Å². The van der Waals surface area contributed by atoms with Crippen molar-refractivity contribution in [2.24, 2.45) is 0 Å². The summed E-state index contributed by atoms with van der Waals surface area (Å²) in [5.74, 6) is 0. The first kappa shape index (κ1) is 13.9. The van der Waals surface area contributed by atoms with Gasteiger partial charge in [0.05, 0.1) is 0 Å². The molecule has 0 aliphatic carbocycles. The van der Waals surface area contributed by atoms with Crippen molar-refractivity contribution in [2.75, 3.05) is 20.1 Å². The van der Waals surface area contributed by atoms with Gasteiger partial charge in [0.15, 0.2) is 0 Å². The number of hydrogen-bond acceptors (Lipinski definition) is 2. The molecule has 86 valence electrons. The molecule has 0 heterocycles. The van der Waals surface area contributed by atoms with Crippen LogP contribution in [0.2, 0.25) is 0 Å². The molecule has 14 heavy (non-hydrogen) atoms. The molecular formula is C12H28N2. The number of nitrogens with one attached hydrogen (secondary N) is 1. The number of likely N-dealkylation sites (N-methyl/N-ethyl adjacent to an activating group) is 1. The highest BCUT2D eigenvalue weighted by atomic mass is 15.2. The first-order valence-electron chi connectivity index (χ1n) is 5.65. The molecule has 0 aliphatic heterocycles. The predicted molar refractivity (Wildman–Crippen MR) is 64.8 cm³/mol. The van der Waals surface area contributed by atoms with Crippen LogP contribution in [0.1, 0.15) is 48.0 Å². The fourth-order valence-corrected chi connectivity index (χ4v) is 1.17. The summed E-state index contributed by atoms with van der Waals surface area (Å²) < 4.78 is 0. The summed E-state index contributed by atoms with van der Waals surface area (Å²) in [6, 6.07) is 0. The molecular weight excluding hydrogens is 172 g/mol. The van der Waals surface area contributed by atoms with E-state index in [1.807, 2.05) is 0 Å². The molecule has 0 rings (SSSR count). The Hall–Kier alpha value is -0.0800. The van der Waals surface area contributed by atoms with Gasteiger partial charge in [0.25, 0.3) is 0 Å². The van der Waals surface area contributed by atoms with Crippen molar-refractivity contribution in [3.05, 3.63) is 0 Å². The molecule has 0 unspecified atom stereocenters. The molecule has 0 amide bonds. The minimum Gasteiger partial charge on any atom is -0.311 e. The van der Waals surface area contributed by atoms with Crippen LogP contribution < -0.4 is 5.32 Å². The van der Waals surface area contributed by atoms with E-state index < -0.39 is 0 Å². The smallest absolute Gasteiger partial charge is 0.0148 e. The summed E-state index contributed by atoms with van der Waals surface area (Å²) in [5.41, 5.74) is 0.552. The number of hydrogen-bond donors (Lipinski definition) is 1. The lowest BCUT2D eigenvalue weighted by Gasteiger charge is -2.35. The van der Waals surface area contributed by atoms with E-state index >= 15 is 0 Å². The van der Waals surface area contributed by atoms with Crippen LogP contribution in [0.25, 0.3) is 0 Å². The van der Waals surface area contributed by atoms with Gasteiger partial charge in [0.2, 0.25) is 0 Å². The molecule has 0 atom stereocenters. The Balaban J connectivity index is 3.80. The highest BCUT2D eigenvalue weighted by Gasteiger charge is 2.20. The van der Waals surface area contributed by atoms with Crippen molar-refractivity contribution in [3.8, 4) is 0 Å². The number of rotatable bonds is 5. The Kier molecular flexibility index (Phi) is 5.10. The second-order valence-electron chi connectivity index (χ2n) is 5.76. The topological polar surface area (TPSA) is 15.3 Å². The van der Waals surface area contributed by atoms with E-state index in [2.05, 4.69) is 58.8 Å². The zero-order valence-corrected chi connectivity index (χ0v) is 11.1. The molecule has 0 aromatic carbocycles. The Bertz CT molecular complexity index is 156. The van der Waals surface area contributed by atoms with Crippen LogP contribution in [0.3, 0.4) is 0 Å². The molecule has 0 radical (unpaired) electrons. The summed E-state index contributed by atoms with van der Waals surface area (Å²) in [7, 11) is 2.20. The molecule has 0 bridgehead atoms. The molecule has 2 heteroatoms. The monoisotopic (exact) mass is 200 g/mol. The van der Waals surface area contributed by atoms with E-state index in [0.29, 0.717) is 5.54 Å². The second kappa shape index (κ2) is 5.13. The lowest BCUT2D eigenvalue weighted by molar-refractivity contribution is 0.148. The third kappa shape index (κ3) is 5.61. The molecule has 0 aromatic rings. The second-order valence-corrected chi connectivity index (χ2v) is 5.76. The highest BCUT2D eigenvalue weighted by Crippen LogP contribution is 2.15. The fourth-order valence-electron chi connectivity index (χ4n) is 1.17. The summed E-state index contributed by atoms with van der Waals surface area (Å²) in [6.45, 7) is 15.6. The van der Waals surface area contributed by atoms with E-state index in [4.69, 9.17) is 0 Å². The zero-order chi connectivity index (χ0) is 11.4. The quantitative estimate of drug-likeness (QED) is 0.733. The van der Waals surface area contributed by atoms with Gasteiger partial charge in [-0.15, -0.1) is 0 Å². The van der Waals surface area contributed by atoms with Crippen LogP contribution in [0.15, 0.2) is 0 Å². The summed E-state index contributed by atoms with van der Waals surface area (Å²) in [5, 5.41) is 3.51. The Labute approximate surface area is 90.1 Å². The third-order valence-electron chi connectivity index (χ3n) is 3.00. The van der Waals surface area contributed by atoms with Gasteiger partial charge in [-0.2, -0.15) is 0 Å². The summed E-state index contributed by atoms with van der Waals surface area (Å²) in [4.78, 5) is 2.42. The van der Waals surface area contributed by atoms with Crippen molar-refractivity contribution in [1.82, 2.24) is 10.2 Å². The molecule has 0 aromatic heterocycles. The van der Waals surface area contributed by atoms with Gasteiger partial charge in [0.1, 0.15) is 0 Å². The lowest BCUT2D eigenvalue weighted by atomic mass is 10.00. The molecule has 0 fully saturated rings. The van der Waals surface area contributed by atoms with Crippen LogP contribution in [0.5, 0.6) is 0 Å². The first-order chi connectivity index (χ1) is 6.19. The lowest BCUT2D eigenvalue weighted by Crippen LogP contribution is -2.46. The van der Waals surface area contributed by atoms with E-state index in [1.54, 1.807) is 0 Å². The minimum atomic E-state index is 0.233. The van der Waals surface area contributed by atoms with Gasteiger partial charge in [-0.05, 0) is 48.1 Å². The zero-order valence-electron chi connectivity index (χ0n) is 11.1. The van der Waals surface area contributed by atoms with Gasteiger partial charge in [-0.25, -0.2) is 0 Å². The maximum absolute atomic E-state index is 3.51. The maximum atomic E-state index is 3.51. The Morgan fingerprint density at radius 3 is 1.93 bits per heavy atom. The average molecular weight is 200 g/mol. The maximum Gasteiger partial charge on any atom is 0.0148 e.